The summed E-state index contributed by atoms with van der Waals surface area (Å²) < 4.78 is 81.6. The number of benzene rings is 1. The number of rotatable bonds is 3. The number of H-pyrrole nitrogens is 1. The molecule has 0 saturated carbocycles. The lowest BCUT2D eigenvalue weighted by Crippen LogP contribution is -2.38. The Morgan fingerprint density at radius 1 is 1.13 bits per heavy atom. The van der Waals surface area contributed by atoms with Gasteiger partial charge >= 0.3 is 12.4 Å². The second-order valence-electron chi connectivity index (χ2n) is 6.67. The number of nitrogens with zero attached hydrogens (tertiary/aromatic N) is 2. The highest BCUT2D eigenvalue weighted by atomic mass is 19.4. The van der Waals surface area contributed by atoms with Crippen molar-refractivity contribution in [3.05, 3.63) is 47.2 Å². The van der Waals surface area contributed by atoms with E-state index in [9.17, 15) is 31.1 Å². The quantitative estimate of drug-likeness (QED) is 0.378. The summed E-state index contributed by atoms with van der Waals surface area (Å²) in [6.45, 7) is 0.788. The summed E-state index contributed by atoms with van der Waals surface area (Å²) in [5.74, 6) is -1.26. The molecule has 168 valence electrons. The lowest BCUT2D eigenvalue weighted by Gasteiger charge is -2.20. The molecule has 0 bridgehead atoms. The van der Waals surface area contributed by atoms with Crippen LogP contribution in [0.15, 0.2) is 35.3 Å². The second-order valence-corrected chi connectivity index (χ2v) is 6.67. The molecule has 2 aromatic rings. The van der Waals surface area contributed by atoms with Crippen molar-refractivity contribution >= 4 is 17.7 Å². The fraction of sp³-hybridized carbons (Fsp3) is 0.389. The number of halogens is 6. The Labute approximate surface area is 171 Å². The highest BCUT2D eigenvalue weighted by Gasteiger charge is 2.33. The van der Waals surface area contributed by atoms with Crippen molar-refractivity contribution in [1.29, 1.82) is 0 Å². The fourth-order valence-electron chi connectivity index (χ4n) is 2.75. The molecule has 1 fully saturated rings. The van der Waals surface area contributed by atoms with E-state index in [4.69, 9.17) is 4.74 Å². The van der Waals surface area contributed by atoms with Gasteiger partial charge in [-0.1, -0.05) is 0 Å². The van der Waals surface area contributed by atoms with Gasteiger partial charge in [0.25, 0.3) is 5.91 Å². The van der Waals surface area contributed by atoms with E-state index in [1.165, 1.54) is 0 Å². The molecule has 2 heterocycles. The fourth-order valence-corrected chi connectivity index (χ4v) is 2.75. The summed E-state index contributed by atoms with van der Waals surface area (Å²) in [4.78, 5) is 16.7. The second kappa shape index (κ2) is 8.96. The summed E-state index contributed by atoms with van der Waals surface area (Å²) in [5, 5.41) is 10.2. The maximum Gasteiger partial charge on any atom is 0.432 e. The number of aromatic amines is 1. The van der Waals surface area contributed by atoms with Crippen LogP contribution in [0.2, 0.25) is 0 Å². The van der Waals surface area contributed by atoms with Crippen LogP contribution in [0.4, 0.5) is 32.2 Å². The summed E-state index contributed by atoms with van der Waals surface area (Å²) in [6.07, 6.45) is -7.88. The van der Waals surface area contributed by atoms with E-state index in [1.54, 1.807) is 0 Å². The standard InChI is InChI=1S/C18H17F6N5O2/c19-17(20,21)11-5-3-10(4-6-11)15(30)27-16(25-12-2-1-7-31-9-12)26-14-8-13(28-29-14)18(22,23)24/h3-6,8,12H,1-2,7,9H2,(H3,25,26,27,28,29,30). The maximum absolute atomic E-state index is 12.8. The predicted molar refractivity (Wildman–Crippen MR) is 97.4 cm³/mol. The predicted octanol–water partition coefficient (Wildman–Crippen LogP) is 3.82. The number of carbonyl (C=O) groups is 1. The largest absolute Gasteiger partial charge is 0.432 e. The average molecular weight is 449 g/mol. The van der Waals surface area contributed by atoms with Crippen molar-refractivity contribution in [2.75, 3.05) is 18.5 Å². The number of carbonyl (C=O) groups excluding carboxylic acids is 1. The van der Waals surface area contributed by atoms with Crippen LogP contribution in [0.25, 0.3) is 0 Å². The third kappa shape index (κ3) is 6.20. The molecule has 0 spiro atoms. The molecule has 1 aliphatic rings. The monoisotopic (exact) mass is 449 g/mol. The third-order valence-electron chi connectivity index (χ3n) is 4.28. The molecule has 1 unspecified atom stereocenters. The average Bonchev–Trinajstić information content (AvgIpc) is 3.17. The van der Waals surface area contributed by atoms with Crippen LogP contribution in [-0.2, 0) is 17.1 Å². The van der Waals surface area contributed by atoms with Crippen LogP contribution in [-0.4, -0.2) is 41.3 Å². The SMILES string of the molecule is O=C(NC(=NC1CCCOC1)Nc1cc(C(F)(F)F)[nH]n1)c1ccc(C(F)(F)F)cc1. The summed E-state index contributed by atoms with van der Waals surface area (Å²) in [7, 11) is 0. The zero-order valence-corrected chi connectivity index (χ0v) is 15.8. The number of alkyl halides is 6. The number of anilines is 1. The van der Waals surface area contributed by atoms with E-state index in [0.29, 0.717) is 25.5 Å². The Balaban J connectivity index is 1.78. The zero-order valence-electron chi connectivity index (χ0n) is 15.8. The molecule has 13 heteroatoms. The van der Waals surface area contributed by atoms with Crippen LogP contribution in [0.1, 0.15) is 34.5 Å². The summed E-state index contributed by atoms with van der Waals surface area (Å²) in [5.41, 5.74) is -2.13. The minimum atomic E-state index is -4.65. The van der Waals surface area contributed by atoms with Crippen molar-refractivity contribution in [2.24, 2.45) is 4.99 Å². The van der Waals surface area contributed by atoms with Gasteiger partial charge < -0.3 is 10.1 Å². The molecule has 31 heavy (non-hydrogen) atoms. The number of guanidine groups is 1. The molecule has 1 aliphatic heterocycles. The first kappa shape index (κ1) is 22.6. The van der Waals surface area contributed by atoms with Crippen molar-refractivity contribution in [3.63, 3.8) is 0 Å². The summed E-state index contributed by atoms with van der Waals surface area (Å²) >= 11 is 0. The highest BCUT2D eigenvalue weighted by Crippen LogP contribution is 2.29. The highest BCUT2D eigenvalue weighted by molar-refractivity contribution is 6.09. The van der Waals surface area contributed by atoms with Crippen LogP contribution in [0, 0.1) is 0 Å². The maximum atomic E-state index is 12.8. The van der Waals surface area contributed by atoms with E-state index in [2.05, 4.69) is 20.7 Å². The number of nitrogens with one attached hydrogen (secondary N) is 3. The lowest BCUT2D eigenvalue weighted by atomic mass is 10.1. The van der Waals surface area contributed by atoms with Crippen molar-refractivity contribution in [3.8, 4) is 0 Å². The topological polar surface area (TPSA) is 91.4 Å². The van der Waals surface area contributed by atoms with Gasteiger partial charge in [-0.3, -0.25) is 15.2 Å². The number of hydrogen-bond donors (Lipinski definition) is 3. The van der Waals surface area contributed by atoms with Crippen LogP contribution < -0.4 is 10.6 Å². The van der Waals surface area contributed by atoms with Crippen LogP contribution in [0.3, 0.4) is 0 Å². The Morgan fingerprint density at radius 3 is 2.39 bits per heavy atom. The van der Waals surface area contributed by atoms with Gasteiger partial charge in [0.05, 0.1) is 18.2 Å². The van der Waals surface area contributed by atoms with Gasteiger partial charge in [0.2, 0.25) is 5.96 Å². The van der Waals surface area contributed by atoms with Crippen molar-refractivity contribution in [1.82, 2.24) is 15.5 Å². The minimum Gasteiger partial charge on any atom is -0.379 e. The van der Waals surface area contributed by atoms with Gasteiger partial charge in [-0.15, -0.1) is 0 Å². The molecule has 0 aliphatic carbocycles. The molecule has 7 nitrogen and oxygen atoms in total. The number of amides is 1. The third-order valence-corrected chi connectivity index (χ3v) is 4.28. The van der Waals surface area contributed by atoms with Crippen LogP contribution in [0.5, 0.6) is 0 Å². The molecule has 3 rings (SSSR count). The minimum absolute atomic E-state index is 0.0968. The normalized spacial score (nSPS) is 18.0. The molecule has 1 aromatic heterocycles. The molecule has 1 atom stereocenters. The molecular formula is C18H17F6N5O2. The Kier molecular flexibility index (Phi) is 6.53. The molecule has 3 N–H and O–H groups in total. The van der Waals surface area contributed by atoms with Gasteiger partial charge in [-0.25, -0.2) is 4.99 Å². The number of aromatic nitrogens is 2. The molecule has 1 amide bonds. The van der Waals surface area contributed by atoms with Gasteiger partial charge in [-0.2, -0.15) is 31.4 Å². The summed E-state index contributed by atoms with van der Waals surface area (Å²) in [6, 6.07) is 3.78. The molecule has 1 aromatic carbocycles. The van der Waals surface area contributed by atoms with Gasteiger partial charge in [-0.05, 0) is 37.1 Å². The lowest BCUT2D eigenvalue weighted by molar-refractivity contribution is -0.141. The first-order valence-corrected chi connectivity index (χ1v) is 9.06. The first-order chi connectivity index (χ1) is 14.5. The molecule has 1 saturated heterocycles. The Morgan fingerprint density at radius 2 is 1.84 bits per heavy atom. The Bertz CT molecular complexity index is 930. The first-order valence-electron chi connectivity index (χ1n) is 9.06. The zero-order chi connectivity index (χ0) is 22.6. The van der Waals surface area contributed by atoms with Gasteiger partial charge in [0, 0.05) is 18.2 Å². The van der Waals surface area contributed by atoms with E-state index >= 15 is 0 Å². The van der Waals surface area contributed by atoms with Gasteiger partial charge in [0.15, 0.2) is 5.82 Å². The number of ether oxygens (including phenoxy) is 1. The van der Waals surface area contributed by atoms with E-state index < -0.39 is 29.5 Å². The molecule has 0 radical (unpaired) electrons. The van der Waals surface area contributed by atoms with Gasteiger partial charge in [0.1, 0.15) is 5.69 Å². The Hall–Kier alpha value is -3.09. The van der Waals surface area contributed by atoms with Crippen molar-refractivity contribution < 1.29 is 35.9 Å². The number of hydrogen-bond acceptors (Lipinski definition) is 4. The van der Waals surface area contributed by atoms with E-state index in [-0.39, 0.29) is 30.0 Å². The smallest absolute Gasteiger partial charge is 0.379 e. The number of aliphatic imine (C=N–C) groups is 1. The van der Waals surface area contributed by atoms with E-state index in [1.807, 2.05) is 5.10 Å². The molecular weight excluding hydrogens is 432 g/mol. The van der Waals surface area contributed by atoms with Crippen molar-refractivity contribution in [2.45, 2.75) is 31.2 Å². The van der Waals surface area contributed by atoms with Crippen LogP contribution >= 0.6 is 0 Å². The van der Waals surface area contributed by atoms with E-state index in [0.717, 1.165) is 24.3 Å².